The van der Waals surface area contributed by atoms with Crippen LogP contribution in [0.15, 0.2) is 36.4 Å². The van der Waals surface area contributed by atoms with Gasteiger partial charge in [0.15, 0.2) is 16.6 Å². The summed E-state index contributed by atoms with van der Waals surface area (Å²) in [6, 6.07) is 9.73. The summed E-state index contributed by atoms with van der Waals surface area (Å²) >= 11 is 0. The fourth-order valence-electron chi connectivity index (χ4n) is 2.45. The van der Waals surface area contributed by atoms with Crippen molar-refractivity contribution in [2.24, 2.45) is 5.92 Å². The van der Waals surface area contributed by atoms with Crippen LogP contribution < -0.4 is 0 Å². The normalized spacial score (nSPS) is 12.6. The van der Waals surface area contributed by atoms with E-state index in [4.69, 9.17) is 8.23 Å². The van der Waals surface area contributed by atoms with Gasteiger partial charge in [-0.25, -0.2) is 0 Å². The third-order valence-electron chi connectivity index (χ3n) is 4.53. The molecule has 0 fully saturated rings. The van der Waals surface area contributed by atoms with Gasteiger partial charge < -0.3 is 13.3 Å². The highest BCUT2D eigenvalue weighted by Gasteiger charge is 2.27. The van der Waals surface area contributed by atoms with Gasteiger partial charge in [0.25, 0.3) is 0 Å². The number of aryl methyl sites for hydroxylation is 1. The van der Waals surface area contributed by atoms with Crippen LogP contribution >= 0.6 is 0 Å². The van der Waals surface area contributed by atoms with Crippen molar-refractivity contribution in [1.82, 2.24) is 0 Å². The highest BCUT2D eigenvalue weighted by molar-refractivity contribution is 6.83. The molecule has 0 unspecified atom stereocenters. The van der Waals surface area contributed by atoms with Crippen molar-refractivity contribution in [3.8, 4) is 5.75 Å². The second-order valence-electron chi connectivity index (χ2n) is 8.66. The molecule has 27 heavy (non-hydrogen) atoms. The van der Waals surface area contributed by atoms with Crippen LogP contribution in [-0.4, -0.2) is 41.3 Å². The van der Waals surface area contributed by atoms with E-state index in [0.717, 1.165) is 36.2 Å². The summed E-state index contributed by atoms with van der Waals surface area (Å²) < 4.78 is 12.6. The van der Waals surface area contributed by atoms with Crippen molar-refractivity contribution in [3.05, 3.63) is 42.0 Å². The van der Waals surface area contributed by atoms with Crippen molar-refractivity contribution in [3.63, 3.8) is 0 Å². The number of hydrogen-bond donors (Lipinski definition) is 1. The first-order valence-corrected chi connectivity index (χ1v) is 18.2. The lowest BCUT2D eigenvalue weighted by molar-refractivity contribution is 0.467. The minimum absolute atomic E-state index is 0.408. The molecule has 0 saturated heterocycles. The third kappa shape index (κ3) is 10.6. The first kappa shape index (κ1) is 24.6. The minimum atomic E-state index is -1.65. The van der Waals surface area contributed by atoms with E-state index in [1.807, 2.05) is 18.2 Å². The van der Waals surface area contributed by atoms with Gasteiger partial charge in [0.2, 0.25) is 19.5 Å². The third-order valence-corrected chi connectivity index (χ3v) is 16.2. The molecule has 0 aliphatic heterocycles. The van der Waals surface area contributed by atoms with Crippen LogP contribution in [0.25, 0.3) is 0 Å². The smallest absolute Gasteiger partial charge is 0.219 e. The van der Waals surface area contributed by atoms with Crippen LogP contribution in [0, 0.1) is 5.92 Å². The van der Waals surface area contributed by atoms with E-state index in [0.29, 0.717) is 31.2 Å². The number of aromatic hydroxyl groups is 1. The van der Waals surface area contributed by atoms with Crippen LogP contribution in [0.2, 0.25) is 43.9 Å². The van der Waals surface area contributed by atoms with E-state index >= 15 is 0 Å². The molecule has 0 spiro atoms. The number of phenolic OH excluding ortho intramolecular Hbond substituents is 1. The van der Waals surface area contributed by atoms with E-state index in [2.05, 4.69) is 46.6 Å². The lowest BCUT2D eigenvalue weighted by Gasteiger charge is -2.27. The maximum Gasteiger partial charge on any atom is 0.219 e. The summed E-state index contributed by atoms with van der Waals surface area (Å²) in [6.45, 7) is 17.7. The van der Waals surface area contributed by atoms with Crippen molar-refractivity contribution >= 4 is 36.2 Å². The molecule has 4 radical (unpaired) electrons. The Bertz CT molecular complexity index is 588. The first-order valence-electron chi connectivity index (χ1n) is 9.79. The quantitative estimate of drug-likeness (QED) is 0.323. The lowest BCUT2D eigenvalue weighted by atomic mass is 10.1. The molecular weight excluding hydrogens is 401 g/mol. The van der Waals surface area contributed by atoms with Crippen molar-refractivity contribution in [2.45, 2.75) is 70.6 Å². The van der Waals surface area contributed by atoms with E-state index in [1.165, 1.54) is 5.57 Å². The zero-order valence-corrected chi connectivity index (χ0v) is 21.9. The zero-order chi connectivity index (χ0) is 20.5. The predicted octanol–water partition coefficient (Wildman–Crippen LogP) is 5.59. The largest absolute Gasteiger partial charge is 0.508 e. The number of rotatable bonds is 13. The van der Waals surface area contributed by atoms with E-state index in [9.17, 15) is 5.11 Å². The van der Waals surface area contributed by atoms with E-state index < -0.39 is 16.6 Å². The molecule has 1 aromatic rings. The van der Waals surface area contributed by atoms with Crippen LogP contribution in [0.3, 0.4) is 0 Å². The fraction of sp³-hybridized carbons (Fsp3) is 0.600. The van der Waals surface area contributed by atoms with E-state index in [-0.39, 0.29) is 0 Å². The molecule has 1 rings (SSSR count). The lowest BCUT2D eigenvalue weighted by Crippen LogP contribution is -2.38. The van der Waals surface area contributed by atoms with Gasteiger partial charge in [0, 0.05) is 0 Å². The van der Waals surface area contributed by atoms with Gasteiger partial charge in [-0.3, -0.25) is 0 Å². The minimum Gasteiger partial charge on any atom is -0.508 e. The van der Waals surface area contributed by atoms with Gasteiger partial charge in [-0.15, -0.1) is 0 Å². The Hall–Kier alpha value is -0.452. The topological polar surface area (TPSA) is 38.7 Å². The highest BCUT2D eigenvalue weighted by Crippen LogP contribution is 2.22. The molecule has 0 aliphatic carbocycles. The molecule has 0 bridgehead atoms. The molecule has 1 N–H and O–H groups in total. The molecule has 0 amide bonds. The SMILES string of the molecule is C=C(C[Si]O[Si](C)(C)C[Si]O[Si](C)(C)CCCc1ccccc1O)C(C)C. The molecule has 3 nitrogen and oxygen atoms in total. The van der Waals surface area contributed by atoms with Crippen LogP contribution in [0.4, 0.5) is 0 Å². The van der Waals surface area contributed by atoms with Crippen molar-refractivity contribution in [2.75, 3.05) is 0 Å². The maximum atomic E-state index is 9.87. The Morgan fingerprint density at radius 2 is 1.70 bits per heavy atom. The number of allylic oxidation sites excluding steroid dienone is 1. The van der Waals surface area contributed by atoms with Crippen molar-refractivity contribution in [1.29, 1.82) is 0 Å². The number of para-hydroxylation sites is 1. The number of phenols is 1. The standard InChI is InChI=1S/C20H36O3Si4/c1-17(2)18(3)15-24-22-27(6,7)16-25-23-26(4,5)14-10-12-19-11-8-9-13-20(19)21/h8-9,11,13,17,21H,3,10,12,14-16H2,1-2,4-7H3. The summed E-state index contributed by atoms with van der Waals surface area (Å²) in [4.78, 5) is 0. The number of benzene rings is 1. The molecule has 150 valence electrons. The van der Waals surface area contributed by atoms with Gasteiger partial charge in [-0.1, -0.05) is 44.2 Å². The Labute approximate surface area is 173 Å². The summed E-state index contributed by atoms with van der Waals surface area (Å²) in [7, 11) is -2.22. The van der Waals surface area contributed by atoms with E-state index in [1.54, 1.807) is 6.07 Å². The highest BCUT2D eigenvalue weighted by atomic mass is 28.4. The number of hydrogen-bond acceptors (Lipinski definition) is 3. The fourth-order valence-corrected chi connectivity index (χ4v) is 11.2. The van der Waals surface area contributed by atoms with Crippen molar-refractivity contribution < 1.29 is 13.3 Å². The van der Waals surface area contributed by atoms with Gasteiger partial charge in [-0.05, 0) is 74.3 Å². The summed E-state index contributed by atoms with van der Waals surface area (Å²) in [5.41, 5.74) is 3.40. The Kier molecular flexibility index (Phi) is 10.5. The average Bonchev–Trinajstić information content (AvgIpc) is 2.55. The molecule has 0 atom stereocenters. The summed E-state index contributed by atoms with van der Waals surface area (Å²) in [5, 5.41) is 9.87. The van der Waals surface area contributed by atoms with Crippen LogP contribution in [0.1, 0.15) is 25.8 Å². The first-order chi connectivity index (χ1) is 12.5. The zero-order valence-electron chi connectivity index (χ0n) is 17.9. The molecule has 1 aromatic carbocycles. The molecule has 0 saturated carbocycles. The average molecular weight is 437 g/mol. The molecule has 0 heterocycles. The monoisotopic (exact) mass is 436 g/mol. The molecule has 7 heteroatoms. The Morgan fingerprint density at radius 3 is 2.33 bits per heavy atom. The maximum absolute atomic E-state index is 9.87. The Balaban J connectivity index is 2.27. The molecule has 0 aromatic heterocycles. The Morgan fingerprint density at radius 1 is 1.07 bits per heavy atom. The summed E-state index contributed by atoms with van der Waals surface area (Å²) in [6.07, 6.45) is 1.98. The van der Waals surface area contributed by atoms with Gasteiger partial charge >= 0.3 is 0 Å². The van der Waals surface area contributed by atoms with Gasteiger partial charge in [-0.2, -0.15) is 0 Å². The predicted molar refractivity (Wildman–Crippen MR) is 123 cm³/mol. The van der Waals surface area contributed by atoms with Crippen LogP contribution in [0.5, 0.6) is 5.75 Å². The molecule has 0 aliphatic rings. The second kappa shape index (κ2) is 11.5. The van der Waals surface area contributed by atoms with Gasteiger partial charge in [0.05, 0.1) is 0 Å². The summed E-state index contributed by atoms with van der Waals surface area (Å²) in [5.74, 6) is 0.950. The molecular formula is C20H36O3Si4. The van der Waals surface area contributed by atoms with Crippen LogP contribution in [-0.2, 0) is 14.7 Å². The van der Waals surface area contributed by atoms with Gasteiger partial charge in [0.1, 0.15) is 5.75 Å². The second-order valence-corrected chi connectivity index (χ2v) is 20.2.